The van der Waals surface area contributed by atoms with Gasteiger partial charge >= 0.3 is 6.36 Å². The summed E-state index contributed by atoms with van der Waals surface area (Å²) in [5, 5.41) is 2.89. The number of carbonyl (C=O) groups is 2. The van der Waals surface area contributed by atoms with E-state index in [0.29, 0.717) is 22.1 Å². The standard InChI is InChI=1S/C22H13ClF3N3O3S/c23-13-3-5-15(6-4-13)29-20(31)18(19(30)27-21(29)33)12-16-2-1-11-28(16)14-7-9-17(10-8-14)32-22(24,25)26/h1-12H,(H,27,30,33)/b18-12+. The second-order valence-corrected chi connectivity index (χ2v) is 7.60. The monoisotopic (exact) mass is 491 g/mol. The minimum Gasteiger partial charge on any atom is -0.406 e. The molecule has 6 nitrogen and oxygen atoms in total. The van der Waals surface area contributed by atoms with Crippen LogP contribution in [-0.2, 0) is 9.59 Å². The van der Waals surface area contributed by atoms with Gasteiger partial charge in [-0.15, -0.1) is 13.2 Å². The molecule has 0 saturated carbocycles. The zero-order chi connectivity index (χ0) is 23.8. The number of nitrogens with one attached hydrogen (secondary N) is 1. The van der Waals surface area contributed by atoms with Crippen LogP contribution in [0.3, 0.4) is 0 Å². The van der Waals surface area contributed by atoms with Crippen molar-refractivity contribution in [2.75, 3.05) is 4.90 Å². The molecular weight excluding hydrogens is 479 g/mol. The van der Waals surface area contributed by atoms with Gasteiger partial charge in [0.2, 0.25) is 0 Å². The molecule has 2 aromatic carbocycles. The van der Waals surface area contributed by atoms with Gasteiger partial charge in [-0.25, -0.2) is 0 Å². The van der Waals surface area contributed by atoms with Gasteiger partial charge in [0.1, 0.15) is 11.3 Å². The van der Waals surface area contributed by atoms with Gasteiger partial charge in [-0.3, -0.25) is 19.8 Å². The molecule has 3 aromatic rings. The summed E-state index contributed by atoms with van der Waals surface area (Å²) in [6.07, 6.45) is -1.78. The fourth-order valence-electron chi connectivity index (χ4n) is 3.19. The van der Waals surface area contributed by atoms with Crippen LogP contribution in [0.2, 0.25) is 5.02 Å². The number of ether oxygens (including phenoxy) is 1. The highest BCUT2D eigenvalue weighted by Crippen LogP contribution is 2.26. The van der Waals surface area contributed by atoms with E-state index < -0.39 is 18.2 Å². The molecular formula is C22H13ClF3N3O3S. The zero-order valence-corrected chi connectivity index (χ0v) is 18.0. The zero-order valence-electron chi connectivity index (χ0n) is 16.5. The molecule has 2 heterocycles. The third-order valence-corrected chi connectivity index (χ3v) is 5.14. The molecule has 2 amide bonds. The van der Waals surface area contributed by atoms with Crippen LogP contribution >= 0.6 is 23.8 Å². The first-order chi connectivity index (χ1) is 15.6. The van der Waals surface area contributed by atoms with E-state index in [4.69, 9.17) is 23.8 Å². The number of amides is 2. The van der Waals surface area contributed by atoms with E-state index in [2.05, 4.69) is 10.1 Å². The van der Waals surface area contributed by atoms with Crippen LogP contribution in [0.5, 0.6) is 5.75 Å². The van der Waals surface area contributed by atoms with Crippen molar-refractivity contribution in [1.29, 1.82) is 0 Å². The first kappa shape index (κ1) is 22.6. The highest BCUT2D eigenvalue weighted by molar-refractivity contribution is 7.80. The van der Waals surface area contributed by atoms with Crippen LogP contribution in [0.15, 0.2) is 72.4 Å². The second-order valence-electron chi connectivity index (χ2n) is 6.78. The Morgan fingerprint density at radius 2 is 1.61 bits per heavy atom. The van der Waals surface area contributed by atoms with Gasteiger partial charge in [0.15, 0.2) is 5.11 Å². The summed E-state index contributed by atoms with van der Waals surface area (Å²) < 4.78 is 42.7. The molecule has 1 saturated heterocycles. The summed E-state index contributed by atoms with van der Waals surface area (Å²) in [5.41, 5.74) is 1.20. The number of alkyl halides is 3. The van der Waals surface area contributed by atoms with Crippen LogP contribution in [0.4, 0.5) is 18.9 Å². The van der Waals surface area contributed by atoms with Crippen LogP contribution in [0, 0.1) is 0 Å². The van der Waals surface area contributed by atoms with Crippen LogP contribution in [0.25, 0.3) is 11.8 Å². The Balaban J connectivity index is 1.66. The molecule has 33 heavy (non-hydrogen) atoms. The van der Waals surface area contributed by atoms with E-state index in [9.17, 15) is 22.8 Å². The van der Waals surface area contributed by atoms with E-state index in [1.165, 1.54) is 35.2 Å². The number of halogens is 4. The van der Waals surface area contributed by atoms with Crippen LogP contribution < -0.4 is 15.0 Å². The largest absolute Gasteiger partial charge is 0.573 e. The Morgan fingerprint density at radius 3 is 2.24 bits per heavy atom. The van der Waals surface area contributed by atoms with Crippen molar-refractivity contribution in [3.8, 4) is 11.4 Å². The Morgan fingerprint density at radius 1 is 0.970 bits per heavy atom. The molecule has 1 fully saturated rings. The smallest absolute Gasteiger partial charge is 0.406 e. The van der Waals surface area contributed by atoms with Gasteiger partial charge in [0.05, 0.1) is 5.69 Å². The second kappa shape index (κ2) is 8.72. The maximum Gasteiger partial charge on any atom is 0.573 e. The number of anilines is 1. The van der Waals surface area contributed by atoms with Crippen molar-refractivity contribution in [2.24, 2.45) is 0 Å². The Kier molecular flexibility index (Phi) is 5.96. The molecule has 0 spiro atoms. The number of nitrogens with zero attached hydrogens (tertiary/aromatic N) is 2. The van der Waals surface area contributed by atoms with E-state index >= 15 is 0 Å². The first-order valence-electron chi connectivity index (χ1n) is 9.33. The lowest BCUT2D eigenvalue weighted by molar-refractivity contribution is -0.274. The molecule has 0 radical (unpaired) electrons. The third-order valence-electron chi connectivity index (χ3n) is 4.61. The Bertz CT molecular complexity index is 1270. The highest BCUT2D eigenvalue weighted by atomic mass is 35.5. The molecule has 1 aromatic heterocycles. The lowest BCUT2D eigenvalue weighted by atomic mass is 10.1. The lowest BCUT2D eigenvalue weighted by Crippen LogP contribution is -2.54. The molecule has 0 aliphatic carbocycles. The molecule has 0 bridgehead atoms. The maximum atomic E-state index is 13.1. The minimum atomic E-state index is -4.80. The SMILES string of the molecule is O=C1NC(=S)N(c2ccc(Cl)cc2)C(=O)/C1=C/c1cccn1-c1ccc(OC(F)(F)F)cc1. The molecule has 168 valence electrons. The van der Waals surface area contributed by atoms with Gasteiger partial charge in [-0.2, -0.15) is 0 Å². The number of hydrogen-bond acceptors (Lipinski definition) is 4. The summed E-state index contributed by atoms with van der Waals surface area (Å²) in [4.78, 5) is 26.8. The molecule has 1 N–H and O–H groups in total. The van der Waals surface area contributed by atoms with E-state index in [1.54, 1.807) is 47.2 Å². The summed E-state index contributed by atoms with van der Waals surface area (Å²) in [7, 11) is 0. The van der Waals surface area contributed by atoms with E-state index in [0.717, 1.165) is 0 Å². The molecule has 1 aliphatic rings. The number of rotatable bonds is 4. The summed E-state index contributed by atoms with van der Waals surface area (Å²) in [6, 6.07) is 14.8. The number of carbonyl (C=O) groups excluding carboxylic acids is 2. The molecule has 0 atom stereocenters. The number of aromatic nitrogens is 1. The quantitative estimate of drug-likeness (QED) is 0.321. The van der Waals surface area contributed by atoms with Crippen molar-refractivity contribution in [2.45, 2.75) is 6.36 Å². The predicted octanol–water partition coefficient (Wildman–Crippen LogP) is 4.86. The summed E-state index contributed by atoms with van der Waals surface area (Å²) >= 11 is 11.1. The molecule has 0 unspecified atom stereocenters. The van der Waals surface area contributed by atoms with Crippen molar-refractivity contribution in [3.05, 3.63) is 83.2 Å². The first-order valence-corrected chi connectivity index (χ1v) is 10.1. The fourth-order valence-corrected chi connectivity index (χ4v) is 3.59. The third kappa shape index (κ3) is 4.91. The minimum absolute atomic E-state index is 0.0693. The molecule has 1 aliphatic heterocycles. The van der Waals surface area contributed by atoms with Crippen molar-refractivity contribution in [3.63, 3.8) is 0 Å². The Labute approximate surface area is 195 Å². The van der Waals surface area contributed by atoms with Crippen molar-refractivity contribution in [1.82, 2.24) is 9.88 Å². The van der Waals surface area contributed by atoms with Gasteiger partial charge in [-0.05, 0) is 79.0 Å². The average Bonchev–Trinajstić information content (AvgIpc) is 3.20. The number of hydrogen-bond donors (Lipinski definition) is 1. The number of thiocarbonyl (C=S) groups is 1. The van der Waals surface area contributed by atoms with Crippen molar-refractivity contribution < 1.29 is 27.5 Å². The van der Waals surface area contributed by atoms with Gasteiger partial charge < -0.3 is 9.30 Å². The van der Waals surface area contributed by atoms with E-state index in [1.807, 2.05) is 0 Å². The predicted molar refractivity (Wildman–Crippen MR) is 120 cm³/mol. The maximum absolute atomic E-state index is 13.1. The normalized spacial score (nSPS) is 15.7. The van der Waals surface area contributed by atoms with E-state index in [-0.39, 0.29) is 16.4 Å². The molecule has 4 rings (SSSR count). The summed E-state index contributed by atoms with van der Waals surface area (Å²) in [6.45, 7) is 0. The topological polar surface area (TPSA) is 63.6 Å². The van der Waals surface area contributed by atoms with Crippen LogP contribution in [0.1, 0.15) is 5.69 Å². The lowest BCUT2D eigenvalue weighted by Gasteiger charge is -2.29. The van der Waals surface area contributed by atoms with Crippen molar-refractivity contribution >= 4 is 52.5 Å². The fraction of sp³-hybridized carbons (Fsp3) is 0.0455. The Hall–Kier alpha value is -3.63. The highest BCUT2D eigenvalue weighted by Gasteiger charge is 2.35. The molecule has 11 heteroatoms. The van der Waals surface area contributed by atoms with Gasteiger partial charge in [0, 0.05) is 22.6 Å². The van der Waals surface area contributed by atoms with Gasteiger partial charge in [-0.1, -0.05) is 11.6 Å². The number of benzene rings is 2. The van der Waals surface area contributed by atoms with Crippen LogP contribution in [-0.4, -0.2) is 27.9 Å². The van der Waals surface area contributed by atoms with Gasteiger partial charge in [0.25, 0.3) is 11.8 Å². The average molecular weight is 492 g/mol. The summed E-state index contributed by atoms with van der Waals surface area (Å²) in [5.74, 6) is -1.67.